The molecule has 0 amide bonds. The van der Waals surface area contributed by atoms with Crippen molar-refractivity contribution in [1.82, 2.24) is 4.57 Å². The molecule has 5 nitrogen and oxygen atoms in total. The zero-order chi connectivity index (χ0) is 16.5. The molecule has 5 heteroatoms. The van der Waals surface area contributed by atoms with E-state index in [1.165, 1.54) is 11.1 Å². The first-order chi connectivity index (χ1) is 11.7. The maximum atomic E-state index is 12.5. The number of aromatic nitrogens is 1. The van der Waals surface area contributed by atoms with Gasteiger partial charge in [-0.25, -0.2) is 0 Å². The summed E-state index contributed by atoms with van der Waals surface area (Å²) in [6.45, 7) is 5.32. The van der Waals surface area contributed by atoms with Gasteiger partial charge in [0.15, 0.2) is 5.43 Å². The minimum absolute atomic E-state index is 0.0299. The molecule has 1 atom stereocenters. The van der Waals surface area contributed by atoms with Crippen LogP contribution in [0.5, 0.6) is 0 Å². The van der Waals surface area contributed by atoms with E-state index in [1.807, 2.05) is 13.0 Å². The van der Waals surface area contributed by atoms with Gasteiger partial charge >= 0.3 is 0 Å². The lowest BCUT2D eigenvalue weighted by Gasteiger charge is -2.29. The summed E-state index contributed by atoms with van der Waals surface area (Å²) < 4.78 is 13.3. The number of ether oxygens (including phenoxy) is 2. The summed E-state index contributed by atoms with van der Waals surface area (Å²) in [7, 11) is 0. The first-order valence-corrected chi connectivity index (χ1v) is 8.50. The molecule has 2 aliphatic rings. The van der Waals surface area contributed by atoms with Gasteiger partial charge in [-0.05, 0) is 18.9 Å². The first-order valence-electron chi connectivity index (χ1n) is 8.50. The van der Waals surface area contributed by atoms with Gasteiger partial charge in [0, 0.05) is 30.3 Å². The van der Waals surface area contributed by atoms with Crippen LogP contribution in [-0.4, -0.2) is 37.0 Å². The third kappa shape index (κ3) is 2.74. The molecule has 0 unspecified atom stereocenters. The fourth-order valence-corrected chi connectivity index (χ4v) is 3.55. The number of pyridine rings is 1. The van der Waals surface area contributed by atoms with Gasteiger partial charge in [0.2, 0.25) is 0 Å². The van der Waals surface area contributed by atoms with Gasteiger partial charge in [-0.3, -0.25) is 4.79 Å². The number of aryl methyl sites for hydroxylation is 1. The van der Waals surface area contributed by atoms with Crippen LogP contribution in [0, 0.1) is 6.92 Å². The van der Waals surface area contributed by atoms with Gasteiger partial charge in [0.1, 0.15) is 5.82 Å². The van der Waals surface area contributed by atoms with Crippen LogP contribution in [0.3, 0.4) is 0 Å². The van der Waals surface area contributed by atoms with Gasteiger partial charge in [-0.1, -0.05) is 24.3 Å². The molecule has 1 aromatic carbocycles. The summed E-state index contributed by atoms with van der Waals surface area (Å²) in [5.74, 6) is 0.865. The molecule has 0 aliphatic carbocycles. The van der Waals surface area contributed by atoms with E-state index in [-0.39, 0.29) is 11.5 Å². The van der Waals surface area contributed by atoms with Crippen molar-refractivity contribution in [2.75, 3.05) is 31.7 Å². The molecule has 24 heavy (non-hydrogen) atoms. The molecule has 0 radical (unpaired) electrons. The number of benzene rings is 1. The Balaban J connectivity index is 1.69. The molecule has 1 N–H and O–H groups in total. The number of hydrogen-bond acceptors (Lipinski definition) is 4. The maximum absolute atomic E-state index is 12.5. The van der Waals surface area contributed by atoms with Crippen molar-refractivity contribution >= 4 is 5.82 Å². The van der Waals surface area contributed by atoms with Crippen molar-refractivity contribution in [2.24, 2.45) is 0 Å². The van der Waals surface area contributed by atoms with Gasteiger partial charge in [0.25, 0.3) is 0 Å². The average Bonchev–Trinajstić information content (AvgIpc) is 2.63. The molecular formula is C19H22N2O3. The summed E-state index contributed by atoms with van der Waals surface area (Å²) in [5.41, 5.74) is 4.39. The molecule has 3 heterocycles. The van der Waals surface area contributed by atoms with Gasteiger partial charge in [-0.15, -0.1) is 0 Å². The minimum atomic E-state index is 0.0299. The van der Waals surface area contributed by atoms with Crippen molar-refractivity contribution in [2.45, 2.75) is 26.0 Å². The third-order valence-electron chi connectivity index (χ3n) is 4.83. The van der Waals surface area contributed by atoms with Crippen LogP contribution in [0.4, 0.5) is 5.82 Å². The Morgan fingerprint density at radius 3 is 3.00 bits per heavy atom. The molecule has 1 aromatic heterocycles. The molecule has 2 aliphatic heterocycles. The molecule has 4 rings (SSSR count). The van der Waals surface area contributed by atoms with Crippen LogP contribution < -0.4 is 10.7 Å². The predicted molar refractivity (Wildman–Crippen MR) is 93.6 cm³/mol. The lowest BCUT2D eigenvalue weighted by Crippen LogP contribution is -2.35. The van der Waals surface area contributed by atoms with E-state index in [2.05, 4.69) is 28.1 Å². The Kier molecular flexibility index (Phi) is 4.12. The third-order valence-corrected chi connectivity index (χ3v) is 4.83. The summed E-state index contributed by atoms with van der Waals surface area (Å²) in [6.07, 6.45) is 1.01. The number of nitrogens with zero attached hydrogens (tertiary/aromatic N) is 1. The van der Waals surface area contributed by atoms with E-state index in [9.17, 15) is 4.79 Å². The average molecular weight is 326 g/mol. The smallest absolute Gasteiger partial charge is 0.187 e. The van der Waals surface area contributed by atoms with E-state index >= 15 is 0 Å². The molecule has 126 valence electrons. The van der Waals surface area contributed by atoms with Gasteiger partial charge in [0.05, 0.1) is 31.6 Å². The van der Waals surface area contributed by atoms with Crippen LogP contribution in [0.25, 0.3) is 11.3 Å². The topological polar surface area (TPSA) is 52.5 Å². The molecule has 1 saturated heterocycles. The van der Waals surface area contributed by atoms with Crippen LogP contribution >= 0.6 is 0 Å². The summed E-state index contributed by atoms with van der Waals surface area (Å²) in [4.78, 5) is 12.5. The van der Waals surface area contributed by atoms with E-state index in [0.717, 1.165) is 30.0 Å². The summed E-state index contributed by atoms with van der Waals surface area (Å²) in [5, 5.41) is 3.40. The fourth-order valence-electron chi connectivity index (χ4n) is 3.55. The van der Waals surface area contributed by atoms with E-state index in [1.54, 1.807) is 6.07 Å². The Bertz CT molecular complexity index is 807. The Morgan fingerprint density at radius 1 is 1.29 bits per heavy atom. The number of anilines is 1. The number of rotatable bonds is 3. The second-order valence-corrected chi connectivity index (χ2v) is 6.37. The fraction of sp³-hybridized carbons (Fsp3) is 0.421. The largest absolute Gasteiger partial charge is 0.376 e. The second kappa shape index (κ2) is 6.42. The molecular weight excluding hydrogens is 304 g/mol. The van der Waals surface area contributed by atoms with Gasteiger partial charge in [-0.2, -0.15) is 0 Å². The normalized spacial score (nSPS) is 19.5. The minimum Gasteiger partial charge on any atom is -0.376 e. The number of nitrogens with one attached hydrogen (secondary N) is 1. The molecule has 2 aromatic rings. The van der Waals surface area contributed by atoms with Crippen molar-refractivity contribution in [3.63, 3.8) is 0 Å². The summed E-state index contributed by atoms with van der Waals surface area (Å²) >= 11 is 0. The molecule has 0 saturated carbocycles. The van der Waals surface area contributed by atoms with Crippen molar-refractivity contribution in [1.29, 1.82) is 0 Å². The van der Waals surface area contributed by atoms with Crippen LogP contribution in [0.1, 0.15) is 11.1 Å². The highest BCUT2D eigenvalue weighted by Gasteiger charge is 2.22. The molecule has 1 fully saturated rings. The second-order valence-electron chi connectivity index (χ2n) is 6.37. The van der Waals surface area contributed by atoms with Gasteiger partial charge < -0.3 is 19.4 Å². The molecule has 0 spiro atoms. The SMILES string of the molecule is Cc1c2n(c(NC[C@@H]3COCCO3)cc1=O)CCc1ccccc1-2. The van der Waals surface area contributed by atoms with E-state index in [4.69, 9.17) is 9.47 Å². The monoisotopic (exact) mass is 326 g/mol. The van der Waals surface area contributed by atoms with E-state index < -0.39 is 0 Å². The van der Waals surface area contributed by atoms with Crippen LogP contribution in [0.2, 0.25) is 0 Å². The van der Waals surface area contributed by atoms with E-state index in [0.29, 0.717) is 26.4 Å². The summed E-state index contributed by atoms with van der Waals surface area (Å²) in [6, 6.07) is 10.1. The van der Waals surface area contributed by atoms with Crippen LogP contribution in [0.15, 0.2) is 35.1 Å². The molecule has 0 bridgehead atoms. The van der Waals surface area contributed by atoms with Crippen molar-refractivity contribution < 1.29 is 9.47 Å². The highest BCUT2D eigenvalue weighted by molar-refractivity contribution is 5.71. The highest BCUT2D eigenvalue weighted by Crippen LogP contribution is 2.32. The highest BCUT2D eigenvalue weighted by atomic mass is 16.6. The lowest BCUT2D eigenvalue weighted by molar-refractivity contribution is -0.0819. The number of fused-ring (bicyclic) bond motifs is 3. The Hall–Kier alpha value is -2.11. The Morgan fingerprint density at radius 2 is 2.17 bits per heavy atom. The zero-order valence-electron chi connectivity index (χ0n) is 13.9. The standard InChI is InChI=1S/C19H22N2O3/c1-13-17(22)10-18(20-11-15-12-23-8-9-24-15)21-7-6-14-4-2-3-5-16(14)19(13)21/h2-5,10,15,20H,6-9,11-12H2,1H3/t15-/m1/s1. The lowest BCUT2D eigenvalue weighted by atomic mass is 9.94. The van der Waals surface area contributed by atoms with Crippen molar-refractivity contribution in [3.05, 3.63) is 51.7 Å². The zero-order valence-corrected chi connectivity index (χ0v) is 13.9. The maximum Gasteiger partial charge on any atom is 0.187 e. The quantitative estimate of drug-likeness (QED) is 0.939. The first kappa shape index (κ1) is 15.4. The number of hydrogen-bond donors (Lipinski definition) is 1. The Labute approximate surface area is 141 Å². The van der Waals surface area contributed by atoms with Crippen LogP contribution in [-0.2, 0) is 22.4 Å². The predicted octanol–water partition coefficient (Wildman–Crippen LogP) is 2.21. The van der Waals surface area contributed by atoms with Crippen molar-refractivity contribution in [3.8, 4) is 11.3 Å².